The van der Waals surface area contributed by atoms with Crippen molar-refractivity contribution in [2.75, 3.05) is 44.6 Å². The van der Waals surface area contributed by atoms with E-state index in [4.69, 9.17) is 9.78 Å². The Kier molecular flexibility index (Phi) is 5.72. The number of nitrogens with one attached hydrogen (secondary N) is 1. The lowest BCUT2D eigenvalue weighted by Crippen LogP contribution is -2.48. The lowest BCUT2D eigenvalue weighted by atomic mass is 10.2. The summed E-state index contributed by atoms with van der Waals surface area (Å²) in [5, 5.41) is 15.0. The maximum absolute atomic E-state index is 11.9. The van der Waals surface area contributed by atoms with Crippen molar-refractivity contribution in [3.63, 3.8) is 0 Å². The number of piperazine rings is 1. The van der Waals surface area contributed by atoms with Crippen LogP contribution in [0.15, 0.2) is 10.6 Å². The van der Waals surface area contributed by atoms with Crippen molar-refractivity contribution in [2.45, 2.75) is 19.8 Å². The van der Waals surface area contributed by atoms with Crippen molar-refractivity contribution < 1.29 is 9.32 Å². The quantitative estimate of drug-likeness (QED) is 0.782. The molecule has 114 valence electrons. The molecule has 0 spiro atoms. The van der Waals surface area contributed by atoms with Gasteiger partial charge in [-0.05, 0) is 19.9 Å². The Labute approximate surface area is 124 Å². The molecule has 1 aliphatic heterocycles. The van der Waals surface area contributed by atoms with Gasteiger partial charge in [0.2, 0.25) is 5.91 Å². The molecule has 7 nitrogen and oxygen atoms in total. The van der Waals surface area contributed by atoms with Crippen LogP contribution in [-0.2, 0) is 4.79 Å². The Bertz CT molecular complexity index is 500. The molecule has 0 aliphatic carbocycles. The number of rotatable bonds is 6. The van der Waals surface area contributed by atoms with E-state index in [1.807, 2.05) is 0 Å². The first-order valence-corrected chi connectivity index (χ1v) is 7.22. The van der Waals surface area contributed by atoms with Crippen molar-refractivity contribution in [3.8, 4) is 6.07 Å². The van der Waals surface area contributed by atoms with Crippen molar-refractivity contribution in [3.05, 3.63) is 11.8 Å². The highest BCUT2D eigenvalue weighted by molar-refractivity contribution is 5.91. The molecular formula is C14H21N5O2. The number of nitrogens with zero attached hydrogens (tertiary/aromatic N) is 4. The lowest BCUT2D eigenvalue weighted by molar-refractivity contribution is -0.117. The second-order valence-electron chi connectivity index (χ2n) is 5.25. The third-order valence-corrected chi connectivity index (χ3v) is 3.49. The molecule has 0 aromatic carbocycles. The van der Waals surface area contributed by atoms with E-state index in [9.17, 15) is 4.79 Å². The van der Waals surface area contributed by atoms with Crippen LogP contribution in [0.3, 0.4) is 0 Å². The van der Waals surface area contributed by atoms with E-state index >= 15 is 0 Å². The minimum Gasteiger partial charge on any atom is -0.360 e. The number of aryl methyl sites for hydroxylation is 1. The number of anilines is 1. The van der Waals surface area contributed by atoms with Gasteiger partial charge >= 0.3 is 0 Å². The van der Waals surface area contributed by atoms with E-state index in [1.165, 1.54) is 0 Å². The molecular weight excluding hydrogens is 270 g/mol. The first-order chi connectivity index (χ1) is 10.2. The molecule has 1 aromatic rings. The summed E-state index contributed by atoms with van der Waals surface area (Å²) in [7, 11) is 0. The highest BCUT2D eigenvalue weighted by Gasteiger charge is 2.19. The molecule has 1 amide bonds. The lowest BCUT2D eigenvalue weighted by Gasteiger charge is -2.34. The minimum absolute atomic E-state index is 0.0683. The molecule has 2 heterocycles. The number of hydrogen-bond donors (Lipinski definition) is 1. The van der Waals surface area contributed by atoms with Gasteiger partial charge in [-0.3, -0.25) is 9.69 Å². The Morgan fingerprint density at radius 2 is 2.14 bits per heavy atom. The fourth-order valence-electron chi connectivity index (χ4n) is 2.36. The predicted molar refractivity (Wildman–Crippen MR) is 77.6 cm³/mol. The molecule has 0 bridgehead atoms. The van der Waals surface area contributed by atoms with Crippen LogP contribution in [0.4, 0.5) is 5.82 Å². The maximum atomic E-state index is 11.9. The van der Waals surface area contributed by atoms with Gasteiger partial charge in [-0.25, -0.2) is 0 Å². The van der Waals surface area contributed by atoms with Crippen molar-refractivity contribution in [2.24, 2.45) is 0 Å². The van der Waals surface area contributed by atoms with Crippen molar-refractivity contribution in [1.29, 1.82) is 5.26 Å². The third kappa shape index (κ3) is 5.17. The fraction of sp³-hybridized carbons (Fsp3) is 0.643. The number of nitriles is 1. The van der Waals surface area contributed by atoms with Gasteiger partial charge in [0.05, 0.1) is 12.6 Å². The van der Waals surface area contributed by atoms with E-state index in [1.54, 1.807) is 13.0 Å². The average molecular weight is 291 g/mol. The number of unbranched alkanes of at least 4 members (excludes halogenated alkanes) is 1. The molecule has 21 heavy (non-hydrogen) atoms. The smallest absolute Gasteiger partial charge is 0.239 e. The van der Waals surface area contributed by atoms with Gasteiger partial charge < -0.3 is 14.7 Å². The Morgan fingerprint density at radius 3 is 2.76 bits per heavy atom. The van der Waals surface area contributed by atoms with Crippen LogP contribution < -0.4 is 5.32 Å². The first-order valence-electron chi connectivity index (χ1n) is 7.22. The molecule has 2 rings (SSSR count). The van der Waals surface area contributed by atoms with Gasteiger partial charge in [-0.1, -0.05) is 5.16 Å². The van der Waals surface area contributed by atoms with E-state index < -0.39 is 0 Å². The summed E-state index contributed by atoms with van der Waals surface area (Å²) < 4.78 is 4.91. The third-order valence-electron chi connectivity index (χ3n) is 3.49. The summed E-state index contributed by atoms with van der Waals surface area (Å²) in [5.41, 5.74) is 0. The summed E-state index contributed by atoms with van der Waals surface area (Å²) in [6.07, 6.45) is 1.53. The number of amides is 1. The van der Waals surface area contributed by atoms with Crippen molar-refractivity contribution in [1.82, 2.24) is 15.0 Å². The van der Waals surface area contributed by atoms with E-state index in [2.05, 4.69) is 26.3 Å². The van der Waals surface area contributed by atoms with Crippen LogP contribution in [0, 0.1) is 18.3 Å². The maximum Gasteiger partial charge on any atom is 0.239 e. The SMILES string of the molecule is Cc1cc(NC(=O)CN2CCN(CCCC#N)CC2)no1. The standard InChI is InChI=1S/C14H21N5O2/c1-12-10-13(17-21-12)16-14(20)11-19-8-6-18(7-9-19)5-3-2-4-15/h10H,2-3,5-9,11H2,1H3,(H,16,17,20). The molecule has 1 N–H and O–H groups in total. The second-order valence-corrected chi connectivity index (χ2v) is 5.25. The zero-order chi connectivity index (χ0) is 15.1. The topological polar surface area (TPSA) is 85.4 Å². The zero-order valence-corrected chi connectivity index (χ0v) is 12.3. The number of carbonyl (C=O) groups excluding carboxylic acids is 1. The highest BCUT2D eigenvalue weighted by atomic mass is 16.5. The van der Waals surface area contributed by atoms with Gasteiger partial charge in [0.25, 0.3) is 0 Å². The van der Waals surface area contributed by atoms with Crippen LogP contribution in [0.5, 0.6) is 0 Å². The number of aromatic nitrogens is 1. The number of carbonyl (C=O) groups is 1. The molecule has 1 saturated heterocycles. The van der Waals surface area contributed by atoms with Crippen LogP contribution in [0.1, 0.15) is 18.6 Å². The molecule has 0 radical (unpaired) electrons. The van der Waals surface area contributed by atoms with Gasteiger partial charge in [0.15, 0.2) is 5.82 Å². The fourth-order valence-corrected chi connectivity index (χ4v) is 2.36. The van der Waals surface area contributed by atoms with Crippen LogP contribution in [-0.4, -0.2) is 60.1 Å². The molecule has 7 heteroatoms. The summed E-state index contributed by atoms with van der Waals surface area (Å²) in [5.74, 6) is 1.07. The average Bonchev–Trinajstić information content (AvgIpc) is 2.86. The molecule has 1 fully saturated rings. The predicted octanol–water partition coefficient (Wildman–Crippen LogP) is 0.843. The summed E-state index contributed by atoms with van der Waals surface area (Å²) in [4.78, 5) is 16.4. The van der Waals surface area contributed by atoms with Gasteiger partial charge in [0, 0.05) is 38.7 Å². The Hall–Kier alpha value is -1.91. The van der Waals surface area contributed by atoms with Gasteiger partial charge in [0.1, 0.15) is 5.76 Å². The summed E-state index contributed by atoms with van der Waals surface area (Å²) >= 11 is 0. The number of hydrogen-bond acceptors (Lipinski definition) is 6. The van der Waals surface area contributed by atoms with Crippen LogP contribution in [0.25, 0.3) is 0 Å². The first kappa shape index (κ1) is 15.5. The molecule has 0 atom stereocenters. The van der Waals surface area contributed by atoms with Gasteiger partial charge in [-0.15, -0.1) is 0 Å². The molecule has 1 aromatic heterocycles. The second kappa shape index (κ2) is 7.76. The highest BCUT2D eigenvalue weighted by Crippen LogP contribution is 2.08. The normalized spacial score (nSPS) is 16.6. The Morgan fingerprint density at radius 1 is 1.43 bits per heavy atom. The van der Waals surface area contributed by atoms with Crippen molar-refractivity contribution >= 4 is 11.7 Å². The molecule has 1 aliphatic rings. The summed E-state index contributed by atoms with van der Waals surface area (Å²) in [6, 6.07) is 3.86. The monoisotopic (exact) mass is 291 g/mol. The largest absolute Gasteiger partial charge is 0.360 e. The minimum atomic E-state index is -0.0683. The zero-order valence-electron chi connectivity index (χ0n) is 12.3. The van der Waals surface area contributed by atoms with E-state index in [-0.39, 0.29) is 5.91 Å². The Balaban J connectivity index is 1.66. The van der Waals surface area contributed by atoms with Crippen LogP contribution in [0.2, 0.25) is 0 Å². The molecule has 0 saturated carbocycles. The van der Waals surface area contributed by atoms with Gasteiger partial charge in [-0.2, -0.15) is 5.26 Å². The van der Waals surface area contributed by atoms with E-state index in [0.717, 1.165) is 39.1 Å². The summed E-state index contributed by atoms with van der Waals surface area (Å²) in [6.45, 7) is 6.76. The molecule has 0 unspecified atom stereocenters. The van der Waals surface area contributed by atoms with Crippen LogP contribution >= 0.6 is 0 Å². The van der Waals surface area contributed by atoms with E-state index in [0.29, 0.717) is 24.5 Å².